The predicted octanol–water partition coefficient (Wildman–Crippen LogP) is 0.764. The topological polar surface area (TPSA) is 18.5 Å². The maximum absolute atomic E-state index is 3.45. The Balaban J connectivity index is 1.90. The first-order chi connectivity index (χ1) is 7.27. The van der Waals surface area contributed by atoms with E-state index in [2.05, 4.69) is 29.1 Å². The number of likely N-dealkylation sites (N-methyl/N-ethyl adjacent to an activating group) is 1. The maximum Gasteiger partial charge on any atom is 0.0191 e. The zero-order chi connectivity index (χ0) is 10.7. The van der Waals surface area contributed by atoms with Crippen molar-refractivity contribution < 1.29 is 0 Å². The molecule has 88 valence electrons. The summed E-state index contributed by atoms with van der Waals surface area (Å²) < 4.78 is 0. The van der Waals surface area contributed by atoms with Crippen LogP contribution in [0.25, 0.3) is 0 Å². The number of hydrogen-bond donors (Lipinski definition) is 1. The van der Waals surface area contributed by atoms with E-state index in [-0.39, 0.29) is 0 Å². The Morgan fingerprint density at radius 2 is 1.87 bits per heavy atom. The number of nitrogens with one attached hydrogen (secondary N) is 1. The van der Waals surface area contributed by atoms with Gasteiger partial charge in [-0.15, -0.1) is 0 Å². The highest BCUT2D eigenvalue weighted by molar-refractivity contribution is 4.82. The van der Waals surface area contributed by atoms with Gasteiger partial charge >= 0.3 is 0 Å². The molecule has 0 aromatic rings. The molecule has 0 amide bonds. The number of rotatable bonds is 1. The summed E-state index contributed by atoms with van der Waals surface area (Å²) in [6.07, 6.45) is 4.03. The summed E-state index contributed by atoms with van der Waals surface area (Å²) in [4.78, 5) is 5.23. The van der Waals surface area contributed by atoms with Crippen LogP contribution in [0.15, 0.2) is 0 Å². The molecule has 0 aromatic carbocycles. The maximum atomic E-state index is 3.45. The molecule has 2 heterocycles. The first kappa shape index (κ1) is 11.4. The van der Waals surface area contributed by atoms with E-state index in [1.807, 2.05) is 0 Å². The normalized spacial score (nSPS) is 32.8. The van der Waals surface area contributed by atoms with Gasteiger partial charge in [0.2, 0.25) is 0 Å². The minimum atomic E-state index is 0.724. The quantitative estimate of drug-likeness (QED) is 0.691. The predicted molar refractivity (Wildman–Crippen MR) is 64.2 cm³/mol. The van der Waals surface area contributed by atoms with Gasteiger partial charge in [0, 0.05) is 18.6 Å². The lowest BCUT2D eigenvalue weighted by Gasteiger charge is -2.35. The van der Waals surface area contributed by atoms with Crippen molar-refractivity contribution in [3.63, 3.8) is 0 Å². The van der Waals surface area contributed by atoms with Gasteiger partial charge in [0.05, 0.1) is 0 Å². The Morgan fingerprint density at radius 1 is 1.13 bits per heavy atom. The van der Waals surface area contributed by atoms with Crippen molar-refractivity contribution in [2.45, 2.75) is 38.3 Å². The van der Waals surface area contributed by atoms with Gasteiger partial charge in [-0.3, -0.25) is 4.90 Å². The van der Waals surface area contributed by atoms with Crippen LogP contribution in [0.2, 0.25) is 0 Å². The molecule has 3 heteroatoms. The number of nitrogens with zero attached hydrogens (tertiary/aromatic N) is 2. The van der Waals surface area contributed by atoms with Crippen molar-refractivity contribution in [3.05, 3.63) is 0 Å². The second-order valence-electron chi connectivity index (χ2n) is 5.16. The van der Waals surface area contributed by atoms with Gasteiger partial charge in [-0.05, 0) is 59.4 Å². The molecule has 0 saturated carbocycles. The highest BCUT2D eigenvalue weighted by Gasteiger charge is 2.25. The summed E-state index contributed by atoms with van der Waals surface area (Å²) in [7, 11) is 2.26. The molecule has 0 radical (unpaired) electrons. The molecule has 2 aliphatic heterocycles. The molecule has 3 nitrogen and oxygen atoms in total. The lowest BCUT2D eigenvalue weighted by molar-refractivity contribution is 0.146. The molecule has 2 aliphatic rings. The number of hydrogen-bond acceptors (Lipinski definition) is 3. The van der Waals surface area contributed by atoms with Crippen LogP contribution in [-0.2, 0) is 0 Å². The van der Waals surface area contributed by atoms with E-state index >= 15 is 0 Å². The molecule has 0 spiro atoms. The lowest BCUT2D eigenvalue weighted by atomic mass is 10.0. The van der Waals surface area contributed by atoms with Crippen molar-refractivity contribution in [1.29, 1.82) is 0 Å². The molecule has 0 aromatic heterocycles. The Bertz CT molecular complexity index is 189. The molecule has 0 bridgehead atoms. The SMILES string of the molecule is CC1CN(C2CCNCC2)CCCN1C. The van der Waals surface area contributed by atoms with E-state index in [9.17, 15) is 0 Å². The van der Waals surface area contributed by atoms with Crippen molar-refractivity contribution in [2.24, 2.45) is 0 Å². The third-order valence-electron chi connectivity index (χ3n) is 4.03. The molecule has 2 fully saturated rings. The molecular formula is C12H25N3. The van der Waals surface area contributed by atoms with Gasteiger partial charge < -0.3 is 10.2 Å². The monoisotopic (exact) mass is 211 g/mol. The fourth-order valence-corrected chi connectivity index (χ4v) is 2.82. The van der Waals surface area contributed by atoms with Crippen LogP contribution in [0.3, 0.4) is 0 Å². The van der Waals surface area contributed by atoms with Gasteiger partial charge in [0.25, 0.3) is 0 Å². The summed E-state index contributed by atoms with van der Waals surface area (Å²) in [6, 6.07) is 1.57. The van der Waals surface area contributed by atoms with E-state index in [0.29, 0.717) is 0 Å². The van der Waals surface area contributed by atoms with Crippen LogP contribution < -0.4 is 5.32 Å². The van der Waals surface area contributed by atoms with Crippen LogP contribution in [0.1, 0.15) is 26.2 Å². The summed E-state index contributed by atoms with van der Waals surface area (Å²) in [5, 5.41) is 3.45. The Labute approximate surface area is 93.8 Å². The van der Waals surface area contributed by atoms with Crippen LogP contribution in [0.5, 0.6) is 0 Å². The molecule has 1 atom stereocenters. The molecule has 0 aliphatic carbocycles. The molecular weight excluding hydrogens is 186 g/mol. The van der Waals surface area contributed by atoms with Crippen LogP contribution >= 0.6 is 0 Å². The zero-order valence-electron chi connectivity index (χ0n) is 10.2. The minimum absolute atomic E-state index is 0.724. The molecule has 15 heavy (non-hydrogen) atoms. The first-order valence-electron chi connectivity index (χ1n) is 6.42. The third kappa shape index (κ3) is 2.92. The molecule has 1 unspecified atom stereocenters. The van der Waals surface area contributed by atoms with Crippen LogP contribution in [0, 0.1) is 0 Å². The van der Waals surface area contributed by atoms with Crippen molar-refractivity contribution in [3.8, 4) is 0 Å². The van der Waals surface area contributed by atoms with E-state index in [1.165, 1.54) is 52.0 Å². The number of piperidine rings is 1. The van der Waals surface area contributed by atoms with Crippen molar-refractivity contribution in [2.75, 3.05) is 39.8 Å². The van der Waals surface area contributed by atoms with E-state index < -0.39 is 0 Å². The Hall–Kier alpha value is -0.120. The summed E-state index contributed by atoms with van der Waals surface area (Å²) in [5.41, 5.74) is 0. The van der Waals surface area contributed by atoms with Gasteiger partial charge in [-0.2, -0.15) is 0 Å². The van der Waals surface area contributed by atoms with Crippen LogP contribution in [0.4, 0.5) is 0 Å². The average molecular weight is 211 g/mol. The highest BCUT2D eigenvalue weighted by Crippen LogP contribution is 2.16. The molecule has 2 saturated heterocycles. The second kappa shape index (κ2) is 5.28. The lowest BCUT2D eigenvalue weighted by Crippen LogP contribution is -2.46. The average Bonchev–Trinajstić information content (AvgIpc) is 2.43. The van der Waals surface area contributed by atoms with Crippen molar-refractivity contribution >= 4 is 0 Å². The highest BCUT2D eigenvalue weighted by atomic mass is 15.2. The second-order valence-corrected chi connectivity index (χ2v) is 5.16. The fraction of sp³-hybridized carbons (Fsp3) is 1.00. The Morgan fingerprint density at radius 3 is 2.60 bits per heavy atom. The first-order valence-corrected chi connectivity index (χ1v) is 6.42. The van der Waals surface area contributed by atoms with Crippen LogP contribution in [-0.4, -0.2) is 61.7 Å². The summed E-state index contributed by atoms with van der Waals surface area (Å²) in [5.74, 6) is 0. The van der Waals surface area contributed by atoms with Gasteiger partial charge in [0.1, 0.15) is 0 Å². The smallest absolute Gasteiger partial charge is 0.0191 e. The van der Waals surface area contributed by atoms with E-state index in [4.69, 9.17) is 0 Å². The largest absolute Gasteiger partial charge is 0.317 e. The van der Waals surface area contributed by atoms with E-state index in [0.717, 1.165) is 12.1 Å². The van der Waals surface area contributed by atoms with Crippen molar-refractivity contribution in [1.82, 2.24) is 15.1 Å². The summed E-state index contributed by atoms with van der Waals surface area (Å²) >= 11 is 0. The summed E-state index contributed by atoms with van der Waals surface area (Å²) in [6.45, 7) is 8.62. The fourth-order valence-electron chi connectivity index (χ4n) is 2.82. The molecule has 2 rings (SSSR count). The Kier molecular flexibility index (Phi) is 4.00. The van der Waals surface area contributed by atoms with Gasteiger partial charge in [0.15, 0.2) is 0 Å². The standard InChI is InChI=1S/C12H25N3/c1-11-10-15(9-3-8-14(11)2)12-4-6-13-7-5-12/h11-13H,3-10H2,1-2H3. The minimum Gasteiger partial charge on any atom is -0.317 e. The third-order valence-corrected chi connectivity index (χ3v) is 4.03. The van der Waals surface area contributed by atoms with Gasteiger partial charge in [-0.25, -0.2) is 0 Å². The van der Waals surface area contributed by atoms with E-state index in [1.54, 1.807) is 0 Å². The molecule has 1 N–H and O–H groups in total. The van der Waals surface area contributed by atoms with Gasteiger partial charge in [-0.1, -0.05) is 0 Å². The zero-order valence-corrected chi connectivity index (χ0v) is 10.2.